The number of nitrogens with zero attached hydrogens (tertiary/aromatic N) is 1. The van der Waals surface area contributed by atoms with Crippen molar-refractivity contribution in [1.82, 2.24) is 4.98 Å². The van der Waals surface area contributed by atoms with E-state index in [-0.39, 0.29) is 5.82 Å². The van der Waals surface area contributed by atoms with Crippen molar-refractivity contribution in [2.24, 2.45) is 0 Å². The Balaban J connectivity index is 2.09. The van der Waals surface area contributed by atoms with Gasteiger partial charge < -0.3 is 0 Å². The van der Waals surface area contributed by atoms with E-state index in [1.54, 1.807) is 30.4 Å². The summed E-state index contributed by atoms with van der Waals surface area (Å²) < 4.78 is 14.7. The molecule has 3 aromatic rings. The number of rotatable bonds is 2. The maximum Gasteiger partial charge on any atom is 0.126 e. The lowest BCUT2D eigenvalue weighted by atomic mass is 10.1. The van der Waals surface area contributed by atoms with Gasteiger partial charge in [-0.2, -0.15) is 0 Å². The summed E-state index contributed by atoms with van der Waals surface area (Å²) in [5.74, 6) is -0.192. The van der Waals surface area contributed by atoms with E-state index in [1.807, 2.05) is 37.3 Å². The van der Waals surface area contributed by atoms with Gasteiger partial charge in [-0.1, -0.05) is 46.3 Å². The summed E-state index contributed by atoms with van der Waals surface area (Å²) in [4.78, 5) is 5.83. The molecule has 0 saturated carbocycles. The van der Waals surface area contributed by atoms with Crippen molar-refractivity contribution < 1.29 is 4.39 Å². The van der Waals surface area contributed by atoms with Gasteiger partial charge in [0.05, 0.1) is 5.69 Å². The van der Waals surface area contributed by atoms with Crippen LogP contribution in [-0.4, -0.2) is 4.98 Å². The normalized spacial score (nSPS) is 10.9. The summed E-state index contributed by atoms with van der Waals surface area (Å²) in [6.45, 7) is 3.80. The van der Waals surface area contributed by atoms with Gasteiger partial charge >= 0.3 is 0 Å². The van der Waals surface area contributed by atoms with Gasteiger partial charge in [-0.3, -0.25) is 0 Å². The summed E-state index contributed by atoms with van der Waals surface area (Å²) in [6, 6.07) is 13.3. The van der Waals surface area contributed by atoms with Crippen LogP contribution in [0.3, 0.4) is 0 Å². The van der Waals surface area contributed by atoms with Gasteiger partial charge in [-0.25, -0.2) is 9.37 Å². The second kappa shape index (κ2) is 5.70. The molecule has 0 atom stereocenters. The van der Waals surface area contributed by atoms with Gasteiger partial charge in [0.2, 0.25) is 0 Å². The van der Waals surface area contributed by atoms with Gasteiger partial charge in [-0.15, -0.1) is 11.3 Å². The fraction of sp³-hybridized carbons (Fsp3) is 0.118. The summed E-state index contributed by atoms with van der Waals surface area (Å²) in [6.07, 6.45) is 0. The third-order valence-corrected chi connectivity index (χ3v) is 5.06. The third kappa shape index (κ3) is 2.78. The van der Waals surface area contributed by atoms with Gasteiger partial charge in [0, 0.05) is 20.5 Å². The van der Waals surface area contributed by atoms with Crippen molar-refractivity contribution in [3.05, 3.63) is 63.2 Å². The molecule has 0 amide bonds. The van der Waals surface area contributed by atoms with E-state index in [0.717, 1.165) is 31.2 Å². The zero-order valence-electron chi connectivity index (χ0n) is 11.7. The molecule has 1 aromatic heterocycles. The Morgan fingerprint density at radius 1 is 1.10 bits per heavy atom. The Morgan fingerprint density at radius 3 is 2.57 bits per heavy atom. The number of thiazole rings is 1. The minimum absolute atomic E-state index is 0.192. The van der Waals surface area contributed by atoms with Crippen LogP contribution in [0.15, 0.2) is 46.9 Å². The minimum atomic E-state index is -0.192. The Hall–Kier alpha value is -1.52. The molecule has 0 saturated heterocycles. The maximum atomic E-state index is 13.7. The maximum absolute atomic E-state index is 13.7. The van der Waals surface area contributed by atoms with E-state index < -0.39 is 0 Å². The first-order chi connectivity index (χ1) is 10.1. The molecular formula is C17H13BrFNS. The monoisotopic (exact) mass is 361 g/mol. The Bertz CT molecular complexity index is 810. The van der Waals surface area contributed by atoms with Crippen molar-refractivity contribution >= 4 is 27.3 Å². The number of aromatic nitrogens is 1. The van der Waals surface area contributed by atoms with Gasteiger partial charge in [0.15, 0.2) is 0 Å². The van der Waals surface area contributed by atoms with E-state index in [2.05, 4.69) is 15.9 Å². The molecule has 0 N–H and O–H groups in total. The zero-order valence-corrected chi connectivity index (χ0v) is 14.1. The highest BCUT2D eigenvalue weighted by Crippen LogP contribution is 2.36. The molecular weight excluding hydrogens is 349 g/mol. The average Bonchev–Trinajstić information content (AvgIpc) is 2.84. The first-order valence-electron chi connectivity index (χ1n) is 6.55. The van der Waals surface area contributed by atoms with Crippen LogP contribution in [-0.2, 0) is 0 Å². The molecule has 2 aromatic carbocycles. The second-order valence-corrected chi connectivity index (χ2v) is 6.93. The van der Waals surface area contributed by atoms with Gasteiger partial charge in [0.25, 0.3) is 0 Å². The van der Waals surface area contributed by atoms with Crippen molar-refractivity contribution in [2.75, 3.05) is 0 Å². The standard InChI is InChI=1S/C17H13BrFNS/c1-10-7-8-12(9-15(10)19)17-20-16(11(2)21-17)13-5-3-4-6-14(13)18/h3-9H,1-2H3. The van der Waals surface area contributed by atoms with Crippen LogP contribution >= 0.6 is 27.3 Å². The second-order valence-electron chi connectivity index (χ2n) is 4.87. The van der Waals surface area contributed by atoms with Crippen LogP contribution in [0, 0.1) is 19.7 Å². The van der Waals surface area contributed by atoms with E-state index in [9.17, 15) is 4.39 Å². The quantitative estimate of drug-likeness (QED) is 0.545. The lowest BCUT2D eigenvalue weighted by Crippen LogP contribution is -1.85. The molecule has 3 rings (SSSR count). The fourth-order valence-corrected chi connectivity index (χ4v) is 3.55. The lowest BCUT2D eigenvalue weighted by molar-refractivity contribution is 0.619. The van der Waals surface area contributed by atoms with E-state index >= 15 is 0 Å². The van der Waals surface area contributed by atoms with Crippen LogP contribution in [0.1, 0.15) is 10.4 Å². The first-order valence-corrected chi connectivity index (χ1v) is 8.16. The third-order valence-electron chi connectivity index (χ3n) is 3.34. The number of hydrogen-bond acceptors (Lipinski definition) is 2. The van der Waals surface area contributed by atoms with Crippen molar-refractivity contribution in [2.45, 2.75) is 13.8 Å². The van der Waals surface area contributed by atoms with Gasteiger partial charge in [-0.05, 0) is 31.5 Å². The van der Waals surface area contributed by atoms with Crippen LogP contribution in [0.2, 0.25) is 0 Å². The SMILES string of the molecule is Cc1ccc(-c2nc(-c3ccccc3Br)c(C)s2)cc1F. The van der Waals surface area contributed by atoms with Crippen LogP contribution in [0.4, 0.5) is 4.39 Å². The van der Waals surface area contributed by atoms with Crippen LogP contribution < -0.4 is 0 Å². The smallest absolute Gasteiger partial charge is 0.126 e. The van der Waals surface area contributed by atoms with Crippen LogP contribution in [0.25, 0.3) is 21.8 Å². The highest BCUT2D eigenvalue weighted by Gasteiger charge is 2.14. The fourth-order valence-electron chi connectivity index (χ4n) is 2.15. The largest absolute Gasteiger partial charge is 0.236 e. The average molecular weight is 362 g/mol. The Kier molecular flexibility index (Phi) is 3.91. The summed E-state index contributed by atoms with van der Waals surface area (Å²) in [5.41, 5.74) is 3.48. The molecule has 1 heterocycles. The Morgan fingerprint density at radius 2 is 1.86 bits per heavy atom. The van der Waals surface area contributed by atoms with E-state index in [0.29, 0.717) is 5.56 Å². The molecule has 0 aliphatic heterocycles. The molecule has 0 spiro atoms. The molecule has 0 fully saturated rings. The van der Waals surface area contributed by atoms with Gasteiger partial charge in [0.1, 0.15) is 10.8 Å². The highest BCUT2D eigenvalue weighted by atomic mass is 79.9. The molecule has 0 radical (unpaired) electrons. The highest BCUT2D eigenvalue weighted by molar-refractivity contribution is 9.10. The van der Waals surface area contributed by atoms with E-state index in [1.165, 1.54) is 0 Å². The zero-order chi connectivity index (χ0) is 15.0. The summed E-state index contributed by atoms with van der Waals surface area (Å²) in [5, 5.41) is 0.845. The lowest BCUT2D eigenvalue weighted by Gasteiger charge is -2.01. The molecule has 1 nitrogen and oxygen atoms in total. The molecule has 106 valence electrons. The number of benzene rings is 2. The topological polar surface area (TPSA) is 12.9 Å². The Labute approximate surface area is 135 Å². The molecule has 0 aliphatic carbocycles. The predicted molar refractivity (Wildman–Crippen MR) is 90.1 cm³/mol. The minimum Gasteiger partial charge on any atom is -0.236 e. The van der Waals surface area contributed by atoms with Crippen LogP contribution in [0.5, 0.6) is 0 Å². The molecule has 21 heavy (non-hydrogen) atoms. The number of halogens is 2. The van der Waals surface area contributed by atoms with Crippen molar-refractivity contribution in [3.8, 4) is 21.8 Å². The molecule has 0 bridgehead atoms. The number of aryl methyl sites for hydroxylation is 2. The molecule has 0 aliphatic rings. The van der Waals surface area contributed by atoms with Crippen molar-refractivity contribution in [3.63, 3.8) is 0 Å². The molecule has 4 heteroatoms. The first kappa shape index (κ1) is 14.4. The molecule has 0 unspecified atom stereocenters. The van der Waals surface area contributed by atoms with Crippen molar-refractivity contribution in [1.29, 1.82) is 0 Å². The summed E-state index contributed by atoms with van der Waals surface area (Å²) >= 11 is 5.15. The summed E-state index contributed by atoms with van der Waals surface area (Å²) in [7, 11) is 0. The van der Waals surface area contributed by atoms with E-state index in [4.69, 9.17) is 4.98 Å². The predicted octanol–water partition coefficient (Wildman–Crippen LogP) is 6.00. The number of hydrogen-bond donors (Lipinski definition) is 0.